The fraction of sp³-hybridized carbons (Fsp3) is 0.500. The number of hydrogen-bond acceptors (Lipinski definition) is 4. The molecule has 1 saturated carbocycles. The highest BCUT2D eigenvalue weighted by Crippen LogP contribution is 2.39. The average molecular weight is 455 g/mol. The molecule has 0 radical (unpaired) electrons. The van der Waals surface area contributed by atoms with Gasteiger partial charge in [0.15, 0.2) is 0 Å². The van der Waals surface area contributed by atoms with Gasteiger partial charge in [0.05, 0.1) is 20.8 Å². The molecule has 24 heavy (non-hydrogen) atoms. The predicted octanol–water partition coefficient (Wildman–Crippen LogP) is 4.08. The second-order valence-electron chi connectivity index (χ2n) is 6.16. The maximum Gasteiger partial charge on any atom is 0.220 e. The van der Waals surface area contributed by atoms with Crippen LogP contribution in [-0.4, -0.2) is 23.0 Å². The summed E-state index contributed by atoms with van der Waals surface area (Å²) in [6.45, 7) is 2.55. The summed E-state index contributed by atoms with van der Waals surface area (Å²) in [5.74, 6) is 0.613. The zero-order valence-corrected chi connectivity index (χ0v) is 17.4. The molecule has 0 saturated heterocycles. The van der Waals surface area contributed by atoms with Gasteiger partial charge in [-0.05, 0) is 43.9 Å². The van der Waals surface area contributed by atoms with Crippen LogP contribution in [0.5, 0.6) is 0 Å². The molecule has 0 bridgehead atoms. The number of nitrogens with zero attached hydrogens (tertiary/aromatic N) is 1. The quantitative estimate of drug-likeness (QED) is 0.690. The molecule has 1 atom stereocenters. The van der Waals surface area contributed by atoms with Crippen molar-refractivity contribution in [1.82, 2.24) is 10.3 Å². The van der Waals surface area contributed by atoms with Gasteiger partial charge in [-0.25, -0.2) is 4.98 Å². The van der Waals surface area contributed by atoms with E-state index < -0.39 is 0 Å². The minimum Gasteiger partial charge on any atom is -0.349 e. The van der Waals surface area contributed by atoms with E-state index in [1.165, 1.54) is 12.8 Å². The topological polar surface area (TPSA) is 68.0 Å². The molecule has 1 fully saturated rings. The Hall–Kier alpha value is -0.400. The Morgan fingerprint density at radius 1 is 1.46 bits per heavy atom. The molecular formula is C16H22BrCl2N3OS. The Kier molecular flexibility index (Phi) is 7.94. The zero-order valence-electron chi connectivity index (χ0n) is 13.4. The van der Waals surface area contributed by atoms with E-state index >= 15 is 0 Å². The SMILES string of the molecule is CC(CN)(NC(=O)CCc1nc2cc(Br)ccc2s1)C1CC1.Cl.Cl. The third kappa shape index (κ3) is 5.05. The van der Waals surface area contributed by atoms with E-state index in [0.717, 1.165) is 19.7 Å². The van der Waals surface area contributed by atoms with Crippen molar-refractivity contribution < 1.29 is 4.79 Å². The van der Waals surface area contributed by atoms with E-state index in [1.807, 2.05) is 12.1 Å². The largest absolute Gasteiger partial charge is 0.349 e. The number of aryl methyl sites for hydroxylation is 1. The number of halogens is 3. The Labute approximate surface area is 166 Å². The van der Waals surface area contributed by atoms with Gasteiger partial charge in [0.25, 0.3) is 0 Å². The lowest BCUT2D eigenvalue weighted by atomic mass is 9.95. The average Bonchev–Trinajstić information content (AvgIpc) is 3.26. The first kappa shape index (κ1) is 21.6. The zero-order chi connectivity index (χ0) is 15.7. The molecule has 1 heterocycles. The van der Waals surface area contributed by atoms with Crippen molar-refractivity contribution in [3.05, 3.63) is 27.7 Å². The first-order chi connectivity index (χ1) is 10.5. The van der Waals surface area contributed by atoms with E-state index in [-0.39, 0.29) is 36.3 Å². The molecule has 1 aliphatic carbocycles. The normalized spacial score (nSPS) is 16.0. The van der Waals surface area contributed by atoms with Crippen molar-refractivity contribution in [1.29, 1.82) is 0 Å². The Morgan fingerprint density at radius 2 is 2.17 bits per heavy atom. The van der Waals surface area contributed by atoms with Crippen LogP contribution in [0, 0.1) is 5.92 Å². The van der Waals surface area contributed by atoms with Crippen LogP contribution in [0.4, 0.5) is 0 Å². The third-order valence-electron chi connectivity index (χ3n) is 4.29. The molecule has 3 N–H and O–H groups in total. The van der Waals surface area contributed by atoms with Crippen molar-refractivity contribution in [2.75, 3.05) is 6.54 Å². The van der Waals surface area contributed by atoms with E-state index in [9.17, 15) is 4.79 Å². The number of carbonyl (C=O) groups is 1. The van der Waals surface area contributed by atoms with Gasteiger partial charge in [0.2, 0.25) is 5.91 Å². The summed E-state index contributed by atoms with van der Waals surface area (Å²) in [4.78, 5) is 16.8. The molecule has 0 aliphatic heterocycles. The summed E-state index contributed by atoms with van der Waals surface area (Å²) in [7, 11) is 0. The number of hydrogen-bond donors (Lipinski definition) is 2. The summed E-state index contributed by atoms with van der Waals surface area (Å²) >= 11 is 5.11. The second-order valence-corrected chi connectivity index (χ2v) is 8.19. The van der Waals surface area contributed by atoms with Crippen molar-refractivity contribution in [3.8, 4) is 0 Å². The van der Waals surface area contributed by atoms with Crippen molar-refractivity contribution >= 4 is 68.2 Å². The van der Waals surface area contributed by atoms with Gasteiger partial charge in [0.1, 0.15) is 0 Å². The Balaban J connectivity index is 0.00000144. The molecule has 3 rings (SSSR count). The number of rotatable bonds is 6. The molecule has 8 heteroatoms. The smallest absolute Gasteiger partial charge is 0.220 e. The van der Waals surface area contributed by atoms with Crippen LogP contribution in [0.15, 0.2) is 22.7 Å². The highest BCUT2D eigenvalue weighted by Gasteiger charge is 2.41. The molecule has 1 aliphatic rings. The van der Waals surface area contributed by atoms with Gasteiger partial charge in [-0.3, -0.25) is 4.79 Å². The molecule has 4 nitrogen and oxygen atoms in total. The van der Waals surface area contributed by atoms with Gasteiger partial charge in [-0.15, -0.1) is 36.2 Å². The minimum atomic E-state index is -0.241. The molecule has 1 amide bonds. The molecule has 1 aromatic heterocycles. The predicted molar refractivity (Wildman–Crippen MR) is 108 cm³/mol. The number of nitrogens with two attached hydrogens (primary N) is 1. The fourth-order valence-electron chi connectivity index (χ4n) is 2.70. The number of carbonyl (C=O) groups excluding carboxylic acids is 1. The maximum absolute atomic E-state index is 12.2. The van der Waals surface area contributed by atoms with Crippen molar-refractivity contribution in [2.24, 2.45) is 11.7 Å². The molecule has 1 aromatic carbocycles. The van der Waals surface area contributed by atoms with E-state index in [4.69, 9.17) is 5.73 Å². The maximum atomic E-state index is 12.2. The van der Waals surface area contributed by atoms with Crippen LogP contribution in [0.25, 0.3) is 10.2 Å². The molecular weight excluding hydrogens is 433 g/mol. The summed E-state index contributed by atoms with van der Waals surface area (Å²) in [5, 5.41) is 4.13. The Morgan fingerprint density at radius 3 is 2.79 bits per heavy atom. The summed E-state index contributed by atoms with van der Waals surface area (Å²) in [6.07, 6.45) is 3.47. The van der Waals surface area contributed by atoms with Crippen LogP contribution in [0.2, 0.25) is 0 Å². The lowest BCUT2D eigenvalue weighted by Crippen LogP contribution is -2.53. The monoisotopic (exact) mass is 453 g/mol. The van der Waals surface area contributed by atoms with Gasteiger partial charge >= 0.3 is 0 Å². The lowest BCUT2D eigenvalue weighted by molar-refractivity contribution is -0.123. The van der Waals surface area contributed by atoms with Crippen molar-refractivity contribution in [3.63, 3.8) is 0 Å². The van der Waals surface area contributed by atoms with Gasteiger partial charge in [-0.1, -0.05) is 15.9 Å². The van der Waals surface area contributed by atoms with Gasteiger partial charge < -0.3 is 11.1 Å². The number of nitrogens with one attached hydrogen (secondary N) is 1. The first-order valence-corrected chi connectivity index (χ1v) is 9.17. The standard InChI is InChI=1S/C16H20BrN3OS.2ClH/c1-16(9-18,10-2-3-10)20-14(21)6-7-15-19-12-8-11(17)4-5-13(12)22-15;;/h4-5,8,10H,2-3,6-7,9,18H2,1H3,(H,20,21);2*1H. The van der Waals surface area contributed by atoms with E-state index in [0.29, 0.717) is 25.3 Å². The van der Waals surface area contributed by atoms with Crippen LogP contribution >= 0.6 is 52.1 Å². The second kappa shape index (κ2) is 8.81. The summed E-state index contributed by atoms with van der Waals surface area (Å²) < 4.78 is 2.18. The highest BCUT2D eigenvalue weighted by atomic mass is 79.9. The number of fused-ring (bicyclic) bond motifs is 1. The van der Waals surface area contributed by atoms with E-state index in [2.05, 4.69) is 39.2 Å². The van der Waals surface area contributed by atoms with Crippen molar-refractivity contribution in [2.45, 2.75) is 38.1 Å². The molecule has 1 unspecified atom stereocenters. The number of benzene rings is 1. The van der Waals surface area contributed by atoms with Crippen LogP contribution in [0.3, 0.4) is 0 Å². The van der Waals surface area contributed by atoms with Crippen LogP contribution < -0.4 is 11.1 Å². The number of amides is 1. The summed E-state index contributed by atoms with van der Waals surface area (Å²) in [6, 6.07) is 6.08. The van der Waals surface area contributed by atoms with Crippen LogP contribution in [0.1, 0.15) is 31.2 Å². The third-order valence-corrected chi connectivity index (χ3v) is 5.88. The molecule has 0 spiro atoms. The molecule has 134 valence electrons. The van der Waals surface area contributed by atoms with Gasteiger partial charge in [0, 0.05) is 23.9 Å². The lowest BCUT2D eigenvalue weighted by Gasteiger charge is -2.29. The number of aromatic nitrogens is 1. The summed E-state index contributed by atoms with van der Waals surface area (Å²) in [5.41, 5.74) is 6.58. The highest BCUT2D eigenvalue weighted by molar-refractivity contribution is 9.10. The minimum absolute atomic E-state index is 0. The van der Waals surface area contributed by atoms with Crippen LogP contribution in [-0.2, 0) is 11.2 Å². The first-order valence-electron chi connectivity index (χ1n) is 7.56. The fourth-order valence-corrected chi connectivity index (χ4v) is 3.99. The van der Waals surface area contributed by atoms with E-state index in [1.54, 1.807) is 11.3 Å². The molecule has 2 aromatic rings. The number of thiazole rings is 1. The Bertz CT molecular complexity index is 708. The van der Waals surface area contributed by atoms with Gasteiger partial charge in [-0.2, -0.15) is 0 Å².